The van der Waals surface area contributed by atoms with Crippen LogP contribution in [0.25, 0.3) is 27.4 Å². The number of hydrogen-bond donors (Lipinski definition) is 2. The molecular formula is C22H15N5O2. The summed E-state index contributed by atoms with van der Waals surface area (Å²) >= 11 is 0. The minimum Gasteiger partial charge on any atom is -0.321 e. The summed E-state index contributed by atoms with van der Waals surface area (Å²) in [6.45, 7) is 0. The standard InChI is InChI=1S/C22H15N5O2/c28-21(24-15-10-11-19-14(12-15)13-23-25-19)20-17-8-4-5-9-18(17)22(29)27(26-20)16-6-2-1-3-7-16/h1-13H,(H,23,25)(H,24,28). The van der Waals surface area contributed by atoms with E-state index in [-0.39, 0.29) is 11.3 Å². The fraction of sp³-hybridized carbons (Fsp3) is 0. The van der Waals surface area contributed by atoms with E-state index >= 15 is 0 Å². The van der Waals surface area contributed by atoms with Crippen LogP contribution in [-0.4, -0.2) is 25.9 Å². The van der Waals surface area contributed by atoms with Crippen molar-refractivity contribution in [3.05, 3.63) is 95.0 Å². The molecule has 3 aromatic carbocycles. The Hall–Kier alpha value is -4.26. The van der Waals surface area contributed by atoms with Crippen LogP contribution in [0.5, 0.6) is 0 Å². The highest BCUT2D eigenvalue weighted by molar-refractivity contribution is 6.11. The van der Waals surface area contributed by atoms with Crippen molar-refractivity contribution in [3.8, 4) is 5.69 Å². The molecule has 5 rings (SSSR count). The smallest absolute Gasteiger partial charge is 0.279 e. The summed E-state index contributed by atoms with van der Waals surface area (Å²) in [5.74, 6) is -0.395. The van der Waals surface area contributed by atoms with Crippen molar-refractivity contribution in [2.24, 2.45) is 0 Å². The van der Waals surface area contributed by atoms with Crippen LogP contribution in [0.4, 0.5) is 5.69 Å². The summed E-state index contributed by atoms with van der Waals surface area (Å²) < 4.78 is 1.26. The first-order valence-corrected chi connectivity index (χ1v) is 9.03. The van der Waals surface area contributed by atoms with Gasteiger partial charge in [0.25, 0.3) is 11.5 Å². The van der Waals surface area contributed by atoms with Crippen LogP contribution in [-0.2, 0) is 0 Å². The topological polar surface area (TPSA) is 92.7 Å². The van der Waals surface area contributed by atoms with E-state index in [0.717, 1.165) is 10.9 Å². The maximum absolute atomic E-state index is 13.1. The summed E-state index contributed by atoms with van der Waals surface area (Å²) in [6, 6.07) is 21.5. The van der Waals surface area contributed by atoms with E-state index in [4.69, 9.17) is 0 Å². The van der Waals surface area contributed by atoms with Crippen molar-refractivity contribution >= 4 is 33.3 Å². The highest BCUT2D eigenvalue weighted by Gasteiger charge is 2.17. The highest BCUT2D eigenvalue weighted by atomic mass is 16.2. The van der Waals surface area contributed by atoms with Gasteiger partial charge in [-0.2, -0.15) is 14.9 Å². The Morgan fingerprint density at radius 1 is 0.931 bits per heavy atom. The third-order valence-corrected chi connectivity index (χ3v) is 4.72. The fourth-order valence-electron chi connectivity index (χ4n) is 3.31. The van der Waals surface area contributed by atoms with Crippen LogP contribution in [0.3, 0.4) is 0 Å². The summed E-state index contributed by atoms with van der Waals surface area (Å²) in [7, 11) is 0. The molecule has 0 saturated heterocycles. The van der Waals surface area contributed by atoms with Gasteiger partial charge >= 0.3 is 0 Å². The number of anilines is 1. The van der Waals surface area contributed by atoms with Crippen molar-refractivity contribution < 1.29 is 4.79 Å². The molecule has 0 spiro atoms. The number of amides is 1. The fourth-order valence-corrected chi connectivity index (χ4v) is 3.31. The molecule has 0 fully saturated rings. The van der Waals surface area contributed by atoms with Gasteiger partial charge in [0.15, 0.2) is 5.69 Å². The Balaban J connectivity index is 1.64. The Labute approximate surface area is 164 Å². The lowest BCUT2D eigenvalue weighted by atomic mass is 10.1. The zero-order chi connectivity index (χ0) is 19.8. The van der Waals surface area contributed by atoms with Gasteiger partial charge < -0.3 is 5.32 Å². The van der Waals surface area contributed by atoms with E-state index in [0.29, 0.717) is 22.1 Å². The van der Waals surface area contributed by atoms with Crippen LogP contribution in [0, 0.1) is 0 Å². The first-order valence-electron chi connectivity index (χ1n) is 9.03. The van der Waals surface area contributed by atoms with Crippen LogP contribution in [0.1, 0.15) is 10.5 Å². The number of fused-ring (bicyclic) bond motifs is 2. The van der Waals surface area contributed by atoms with Crippen molar-refractivity contribution in [2.45, 2.75) is 0 Å². The number of carbonyl (C=O) groups is 1. The zero-order valence-corrected chi connectivity index (χ0v) is 15.2. The highest BCUT2D eigenvalue weighted by Crippen LogP contribution is 2.20. The average Bonchev–Trinajstić information content (AvgIpc) is 3.23. The number of nitrogens with zero attached hydrogens (tertiary/aromatic N) is 3. The summed E-state index contributed by atoms with van der Waals surface area (Å²) in [5, 5.41) is 15.9. The van der Waals surface area contributed by atoms with Crippen LogP contribution in [0.2, 0.25) is 0 Å². The molecule has 0 aliphatic carbocycles. The van der Waals surface area contributed by atoms with E-state index < -0.39 is 5.91 Å². The van der Waals surface area contributed by atoms with E-state index in [1.165, 1.54) is 4.68 Å². The second-order valence-electron chi connectivity index (χ2n) is 6.57. The van der Waals surface area contributed by atoms with E-state index in [1.54, 1.807) is 48.7 Å². The molecule has 0 bridgehead atoms. The number of para-hydroxylation sites is 1. The summed E-state index contributed by atoms with van der Waals surface area (Å²) in [4.78, 5) is 26.0. The molecule has 140 valence electrons. The SMILES string of the molecule is O=C(Nc1ccc2[nH]ncc2c1)c1nn(-c2ccccc2)c(=O)c2ccccc12. The van der Waals surface area contributed by atoms with Crippen LogP contribution < -0.4 is 10.9 Å². The van der Waals surface area contributed by atoms with E-state index in [9.17, 15) is 9.59 Å². The Kier molecular flexibility index (Phi) is 3.91. The molecule has 1 amide bonds. The van der Waals surface area contributed by atoms with E-state index in [1.807, 2.05) is 30.3 Å². The molecule has 0 unspecified atom stereocenters. The summed E-state index contributed by atoms with van der Waals surface area (Å²) in [5.41, 5.74) is 1.99. The van der Waals surface area contributed by atoms with Crippen LogP contribution in [0.15, 0.2) is 83.8 Å². The number of rotatable bonds is 3. The predicted octanol–water partition coefficient (Wildman–Crippen LogP) is 3.51. The first kappa shape index (κ1) is 16.9. The van der Waals surface area contributed by atoms with Gasteiger partial charge in [-0.15, -0.1) is 0 Å². The molecule has 5 aromatic rings. The van der Waals surface area contributed by atoms with Gasteiger partial charge in [-0.25, -0.2) is 0 Å². The maximum Gasteiger partial charge on any atom is 0.279 e. The van der Waals surface area contributed by atoms with Crippen molar-refractivity contribution in [1.29, 1.82) is 0 Å². The van der Waals surface area contributed by atoms with Gasteiger partial charge in [0.05, 0.1) is 22.8 Å². The molecule has 0 saturated carbocycles. The summed E-state index contributed by atoms with van der Waals surface area (Å²) in [6.07, 6.45) is 1.69. The molecule has 2 heterocycles. The molecule has 0 atom stereocenters. The molecule has 29 heavy (non-hydrogen) atoms. The third-order valence-electron chi connectivity index (χ3n) is 4.72. The lowest BCUT2D eigenvalue weighted by Gasteiger charge is -2.11. The van der Waals surface area contributed by atoms with Gasteiger partial charge in [-0.3, -0.25) is 14.7 Å². The molecular weight excluding hydrogens is 366 g/mol. The number of benzene rings is 3. The zero-order valence-electron chi connectivity index (χ0n) is 15.2. The molecule has 0 radical (unpaired) electrons. The number of hydrogen-bond acceptors (Lipinski definition) is 4. The average molecular weight is 381 g/mol. The van der Waals surface area contributed by atoms with Crippen LogP contribution >= 0.6 is 0 Å². The lowest BCUT2D eigenvalue weighted by Crippen LogP contribution is -2.26. The second-order valence-corrected chi connectivity index (χ2v) is 6.57. The van der Waals surface area contributed by atoms with Gasteiger partial charge in [0.2, 0.25) is 0 Å². The molecule has 2 aromatic heterocycles. The molecule has 7 nitrogen and oxygen atoms in total. The normalized spacial score (nSPS) is 11.0. The Morgan fingerprint density at radius 3 is 2.52 bits per heavy atom. The van der Waals surface area contributed by atoms with Gasteiger partial charge in [-0.05, 0) is 36.4 Å². The van der Waals surface area contributed by atoms with Gasteiger partial charge in [0.1, 0.15) is 0 Å². The van der Waals surface area contributed by atoms with Crippen molar-refractivity contribution in [1.82, 2.24) is 20.0 Å². The number of aromatic nitrogens is 4. The largest absolute Gasteiger partial charge is 0.321 e. The van der Waals surface area contributed by atoms with E-state index in [2.05, 4.69) is 20.6 Å². The second kappa shape index (κ2) is 6.72. The third kappa shape index (κ3) is 2.94. The monoisotopic (exact) mass is 381 g/mol. The molecule has 0 aliphatic heterocycles. The molecule has 2 N–H and O–H groups in total. The molecule has 7 heteroatoms. The minimum atomic E-state index is -0.395. The number of nitrogens with one attached hydrogen (secondary N) is 2. The Bertz CT molecular complexity index is 1420. The number of aromatic amines is 1. The first-order chi connectivity index (χ1) is 14.2. The number of H-pyrrole nitrogens is 1. The number of carbonyl (C=O) groups excluding carboxylic acids is 1. The quantitative estimate of drug-likeness (QED) is 0.500. The maximum atomic E-state index is 13.1. The van der Waals surface area contributed by atoms with Crippen molar-refractivity contribution in [3.63, 3.8) is 0 Å². The van der Waals surface area contributed by atoms with Crippen molar-refractivity contribution in [2.75, 3.05) is 5.32 Å². The van der Waals surface area contributed by atoms with Gasteiger partial charge in [-0.1, -0.05) is 36.4 Å². The lowest BCUT2D eigenvalue weighted by molar-refractivity contribution is 0.102. The predicted molar refractivity (Wildman–Crippen MR) is 111 cm³/mol. The van der Waals surface area contributed by atoms with Gasteiger partial charge in [0, 0.05) is 16.5 Å². The molecule has 0 aliphatic rings. The Morgan fingerprint density at radius 2 is 1.69 bits per heavy atom. The minimum absolute atomic E-state index is 0.177.